The molecule has 1 aromatic carbocycles. The van der Waals surface area contributed by atoms with Crippen LogP contribution in [0, 0.1) is 9.49 Å². The summed E-state index contributed by atoms with van der Waals surface area (Å²) in [6, 6.07) is 6.73. The van der Waals surface area contributed by atoms with Crippen LogP contribution in [0.4, 0.5) is 0 Å². The maximum atomic E-state index is 6.13. The maximum Gasteiger partial charge on any atom is 0.0410 e. The van der Waals surface area contributed by atoms with Crippen LogP contribution >= 0.6 is 34.2 Å². The third kappa shape index (κ3) is 3.36. The molecule has 0 amide bonds. The van der Waals surface area contributed by atoms with E-state index in [2.05, 4.69) is 47.0 Å². The molecule has 1 unspecified atom stereocenters. The lowest BCUT2D eigenvalue weighted by Crippen LogP contribution is -2.33. The largest absolute Gasteiger partial charge is 0.310 e. The molecule has 2 rings (SSSR count). The van der Waals surface area contributed by atoms with Crippen molar-refractivity contribution in [2.45, 2.75) is 38.6 Å². The second-order valence-corrected chi connectivity index (χ2v) is 6.39. The Labute approximate surface area is 122 Å². The minimum absolute atomic E-state index is 0.495. The Morgan fingerprint density at radius 1 is 1.47 bits per heavy atom. The van der Waals surface area contributed by atoms with E-state index in [1.165, 1.54) is 34.8 Å². The Hall–Kier alpha value is 0.200. The van der Waals surface area contributed by atoms with Crippen LogP contribution in [0.2, 0.25) is 5.02 Å². The topological polar surface area (TPSA) is 12.0 Å². The van der Waals surface area contributed by atoms with E-state index in [0.29, 0.717) is 6.04 Å². The van der Waals surface area contributed by atoms with E-state index in [1.807, 2.05) is 6.07 Å². The lowest BCUT2D eigenvalue weighted by Gasteiger charge is -2.35. The van der Waals surface area contributed by atoms with Gasteiger partial charge in [0, 0.05) is 14.6 Å². The number of hydrogen-bond donors (Lipinski definition) is 1. The van der Waals surface area contributed by atoms with Crippen molar-refractivity contribution in [3.8, 4) is 0 Å². The minimum atomic E-state index is 0.495. The summed E-state index contributed by atoms with van der Waals surface area (Å²) in [5.41, 5.74) is 1.39. The molecule has 1 N–H and O–H groups in total. The molecule has 1 aliphatic carbocycles. The van der Waals surface area contributed by atoms with Gasteiger partial charge < -0.3 is 5.32 Å². The first kappa shape index (κ1) is 13.6. The van der Waals surface area contributed by atoms with E-state index >= 15 is 0 Å². The zero-order valence-electron chi connectivity index (χ0n) is 10.2. The van der Waals surface area contributed by atoms with E-state index in [1.54, 1.807) is 0 Å². The molecule has 0 aliphatic heterocycles. The van der Waals surface area contributed by atoms with Crippen LogP contribution < -0.4 is 5.32 Å². The van der Waals surface area contributed by atoms with Gasteiger partial charge in [-0.25, -0.2) is 0 Å². The fourth-order valence-corrected chi connectivity index (χ4v) is 3.21. The van der Waals surface area contributed by atoms with Gasteiger partial charge in [0.05, 0.1) is 0 Å². The van der Waals surface area contributed by atoms with E-state index in [9.17, 15) is 0 Å². The average Bonchev–Trinajstić information content (AvgIpc) is 2.25. The van der Waals surface area contributed by atoms with Crippen molar-refractivity contribution in [2.75, 3.05) is 6.54 Å². The Bertz CT molecular complexity index is 376. The van der Waals surface area contributed by atoms with Crippen molar-refractivity contribution in [3.63, 3.8) is 0 Å². The molecule has 3 heteroatoms. The van der Waals surface area contributed by atoms with Gasteiger partial charge in [0.15, 0.2) is 0 Å². The zero-order valence-corrected chi connectivity index (χ0v) is 13.1. The fourth-order valence-electron chi connectivity index (χ4n) is 2.36. The van der Waals surface area contributed by atoms with Crippen molar-refractivity contribution in [2.24, 2.45) is 5.92 Å². The Morgan fingerprint density at radius 2 is 2.24 bits per heavy atom. The van der Waals surface area contributed by atoms with Crippen molar-refractivity contribution in [3.05, 3.63) is 32.4 Å². The predicted octanol–water partition coefficient (Wildman–Crippen LogP) is 4.79. The van der Waals surface area contributed by atoms with Crippen LogP contribution in [-0.4, -0.2) is 6.54 Å². The molecule has 1 saturated carbocycles. The third-order valence-electron chi connectivity index (χ3n) is 3.53. The summed E-state index contributed by atoms with van der Waals surface area (Å²) in [5, 5.41) is 4.54. The second-order valence-electron chi connectivity index (χ2n) is 4.79. The first-order valence-corrected chi connectivity index (χ1v) is 7.86. The standard InChI is InChI=1S/C14H19ClIN/c1-2-8-17-14(10-4-3-5-10)12-9-11(15)6-7-13(12)16/h6-7,9-10,14,17H,2-5,8H2,1H3. The highest BCUT2D eigenvalue weighted by atomic mass is 127. The van der Waals surface area contributed by atoms with Gasteiger partial charge in [0.1, 0.15) is 0 Å². The molecule has 0 bridgehead atoms. The number of hydrogen-bond acceptors (Lipinski definition) is 1. The normalized spacial score (nSPS) is 17.8. The minimum Gasteiger partial charge on any atom is -0.310 e. The van der Waals surface area contributed by atoms with Gasteiger partial charge in [0.2, 0.25) is 0 Å². The van der Waals surface area contributed by atoms with Crippen LogP contribution in [-0.2, 0) is 0 Å². The molecule has 0 spiro atoms. The first-order chi connectivity index (χ1) is 8.22. The monoisotopic (exact) mass is 363 g/mol. The lowest BCUT2D eigenvalue weighted by atomic mass is 9.77. The highest BCUT2D eigenvalue weighted by molar-refractivity contribution is 14.1. The molecular weight excluding hydrogens is 345 g/mol. The Balaban J connectivity index is 2.20. The number of rotatable bonds is 5. The lowest BCUT2D eigenvalue weighted by molar-refractivity contribution is 0.230. The van der Waals surface area contributed by atoms with Crippen LogP contribution in [0.3, 0.4) is 0 Å². The molecule has 1 fully saturated rings. The zero-order chi connectivity index (χ0) is 12.3. The van der Waals surface area contributed by atoms with Gasteiger partial charge in [-0.3, -0.25) is 0 Å². The van der Waals surface area contributed by atoms with Crippen LogP contribution in [0.15, 0.2) is 18.2 Å². The summed E-state index contributed by atoms with van der Waals surface area (Å²) in [5.74, 6) is 0.800. The van der Waals surface area contributed by atoms with Gasteiger partial charge in [-0.15, -0.1) is 0 Å². The van der Waals surface area contributed by atoms with Gasteiger partial charge in [0.25, 0.3) is 0 Å². The highest BCUT2D eigenvalue weighted by Crippen LogP contribution is 2.39. The van der Waals surface area contributed by atoms with Gasteiger partial charge in [-0.2, -0.15) is 0 Å². The summed E-state index contributed by atoms with van der Waals surface area (Å²) in [7, 11) is 0. The molecule has 0 saturated heterocycles. The Kier molecular flexibility index (Phi) is 5.12. The number of benzene rings is 1. The predicted molar refractivity (Wildman–Crippen MR) is 82.5 cm³/mol. The molecule has 0 radical (unpaired) electrons. The van der Waals surface area contributed by atoms with Crippen molar-refractivity contribution in [1.29, 1.82) is 0 Å². The third-order valence-corrected chi connectivity index (χ3v) is 4.75. The van der Waals surface area contributed by atoms with E-state index in [4.69, 9.17) is 11.6 Å². The molecule has 0 heterocycles. The van der Waals surface area contributed by atoms with Gasteiger partial charge in [-0.1, -0.05) is 24.9 Å². The highest BCUT2D eigenvalue weighted by Gasteiger charge is 2.29. The van der Waals surface area contributed by atoms with Gasteiger partial charge >= 0.3 is 0 Å². The molecule has 1 nitrogen and oxygen atoms in total. The second kappa shape index (κ2) is 6.39. The summed E-state index contributed by atoms with van der Waals surface area (Å²) < 4.78 is 1.33. The van der Waals surface area contributed by atoms with Gasteiger partial charge in [-0.05, 0) is 78.1 Å². The summed E-state index contributed by atoms with van der Waals surface area (Å²) >= 11 is 8.55. The molecule has 0 aromatic heterocycles. The summed E-state index contributed by atoms with van der Waals surface area (Å²) in [6.07, 6.45) is 5.26. The van der Waals surface area contributed by atoms with E-state index in [-0.39, 0.29) is 0 Å². The van der Waals surface area contributed by atoms with Crippen LogP contribution in [0.1, 0.15) is 44.2 Å². The summed E-state index contributed by atoms with van der Waals surface area (Å²) in [4.78, 5) is 0. The first-order valence-electron chi connectivity index (χ1n) is 6.40. The molecule has 1 atom stereocenters. The molecule has 1 aromatic rings. The van der Waals surface area contributed by atoms with E-state index < -0.39 is 0 Å². The fraction of sp³-hybridized carbons (Fsp3) is 0.571. The average molecular weight is 364 g/mol. The SMILES string of the molecule is CCCNC(c1cc(Cl)ccc1I)C1CCC1. The molecule has 17 heavy (non-hydrogen) atoms. The molecule has 1 aliphatic rings. The van der Waals surface area contributed by atoms with E-state index in [0.717, 1.165) is 17.5 Å². The number of halogens is 2. The van der Waals surface area contributed by atoms with Crippen LogP contribution in [0.5, 0.6) is 0 Å². The molecule has 94 valence electrons. The smallest absolute Gasteiger partial charge is 0.0410 e. The Morgan fingerprint density at radius 3 is 2.82 bits per heavy atom. The quantitative estimate of drug-likeness (QED) is 0.742. The van der Waals surface area contributed by atoms with Crippen molar-refractivity contribution < 1.29 is 0 Å². The summed E-state index contributed by atoms with van der Waals surface area (Å²) in [6.45, 7) is 3.30. The van der Waals surface area contributed by atoms with Crippen molar-refractivity contribution >= 4 is 34.2 Å². The van der Waals surface area contributed by atoms with Crippen LogP contribution in [0.25, 0.3) is 0 Å². The van der Waals surface area contributed by atoms with Crippen molar-refractivity contribution in [1.82, 2.24) is 5.32 Å². The maximum absolute atomic E-state index is 6.13. The number of nitrogens with one attached hydrogen (secondary N) is 1. The molecular formula is C14H19ClIN.